The maximum atomic E-state index is 10.8. The summed E-state index contributed by atoms with van der Waals surface area (Å²) in [5.41, 5.74) is 11.7. The summed E-state index contributed by atoms with van der Waals surface area (Å²) in [6, 6.07) is 61.7. The normalized spacial score (nSPS) is 10.9. The van der Waals surface area contributed by atoms with Crippen LogP contribution in [-0.2, 0) is 32.0 Å². The zero-order chi connectivity index (χ0) is 39.4. The molecule has 6 heteroatoms. The van der Waals surface area contributed by atoms with Crippen LogP contribution in [0.25, 0.3) is 43.8 Å². The summed E-state index contributed by atoms with van der Waals surface area (Å²) < 4.78 is 0. The van der Waals surface area contributed by atoms with Crippen molar-refractivity contribution in [3.8, 4) is 22.3 Å². The van der Waals surface area contributed by atoms with Crippen molar-refractivity contribution in [1.29, 1.82) is 0 Å². The molecule has 4 nitrogen and oxygen atoms in total. The first kappa shape index (κ1) is 39.8. The Hall–Kier alpha value is -5.85. The van der Waals surface area contributed by atoms with Crippen LogP contribution in [0.15, 0.2) is 170 Å². The Morgan fingerprint density at radius 3 is 1.23 bits per heavy atom. The van der Waals surface area contributed by atoms with Crippen LogP contribution >= 0.6 is 0 Å². The maximum Gasteiger partial charge on any atom is 0.336 e. The Bertz CT molecular complexity index is 2390. The predicted octanol–water partition coefficient (Wildman–Crippen LogP) is 12.0. The molecule has 0 heterocycles. The van der Waals surface area contributed by atoms with Gasteiger partial charge in [0, 0.05) is 0 Å². The van der Waals surface area contributed by atoms with Gasteiger partial charge in [0.05, 0.1) is 11.1 Å². The van der Waals surface area contributed by atoms with Gasteiger partial charge in [0.2, 0.25) is 0 Å². The van der Waals surface area contributed by atoms with Crippen molar-refractivity contribution >= 4 is 39.7 Å². The molecule has 2 N–H and O–H groups in total. The summed E-state index contributed by atoms with van der Waals surface area (Å²) in [4.78, 5) is 21.6. The Labute approximate surface area is 340 Å². The second-order valence-electron chi connectivity index (χ2n) is 13.5. The van der Waals surface area contributed by atoms with Crippen molar-refractivity contribution in [3.63, 3.8) is 0 Å². The third-order valence-corrected chi connectivity index (χ3v) is 9.27. The van der Waals surface area contributed by atoms with Crippen LogP contribution in [0.5, 0.6) is 0 Å². The molecular formula is C50H40O4SiTi. The van der Waals surface area contributed by atoms with Gasteiger partial charge >= 0.3 is 50.4 Å². The third kappa shape index (κ3) is 9.87. The van der Waals surface area contributed by atoms with Gasteiger partial charge in [-0.1, -0.05) is 144 Å². The molecule has 10 rings (SSSR count). The molecular weight excluding hydrogens is 740 g/mol. The van der Waals surface area contributed by atoms with Crippen LogP contribution in [-0.4, -0.2) is 28.3 Å². The average molecular weight is 781 g/mol. The third-order valence-electron chi connectivity index (χ3n) is 9.27. The molecule has 56 heavy (non-hydrogen) atoms. The Kier molecular flexibility index (Phi) is 13.6. The Balaban J connectivity index is 0.000000123. The van der Waals surface area contributed by atoms with E-state index in [4.69, 9.17) is 10.2 Å². The van der Waals surface area contributed by atoms with Crippen LogP contribution in [0.2, 0.25) is 13.1 Å². The summed E-state index contributed by atoms with van der Waals surface area (Å²) in [6.07, 6.45) is 2.22. The van der Waals surface area contributed by atoms with Gasteiger partial charge in [-0.15, -0.1) is 11.1 Å². The first-order chi connectivity index (χ1) is 27.2. The molecule has 0 fully saturated rings. The van der Waals surface area contributed by atoms with Crippen LogP contribution in [0.3, 0.4) is 0 Å². The first-order valence-electron chi connectivity index (χ1n) is 18.3. The van der Waals surface area contributed by atoms with Gasteiger partial charge in [0.15, 0.2) is 0 Å². The smallest absolute Gasteiger partial charge is 0.336 e. The fraction of sp³-hybridized carbons (Fsp3) is 0.0800. The van der Waals surface area contributed by atoms with E-state index in [9.17, 15) is 9.59 Å². The van der Waals surface area contributed by atoms with Gasteiger partial charge in [-0.05, 0) is 46.5 Å². The molecule has 272 valence electrons. The van der Waals surface area contributed by atoms with E-state index in [1.165, 1.54) is 44.5 Å². The van der Waals surface area contributed by atoms with Crippen molar-refractivity contribution in [3.05, 3.63) is 215 Å². The van der Waals surface area contributed by atoms with Crippen LogP contribution in [0.1, 0.15) is 43.0 Å². The Morgan fingerprint density at radius 2 is 0.821 bits per heavy atom. The largest absolute Gasteiger partial charge is 0.478 e. The fourth-order valence-corrected chi connectivity index (χ4v) is 6.82. The molecule has 0 radical (unpaired) electrons. The molecule has 0 spiro atoms. The standard InChI is InChI=1S/2C13H9.2C11H8O2.C2H6Si.Ti/c2*1-3-7-12-10(5-1)9-11-6-2-4-8-13(11)12;2*12-11(13)10-7-3-5-8-4-1-2-6-9(8)10;1-3-2;/h2*1-5,7-8H,9H2;2*1-7H,(H,12,13);1-2H3;/q2*-1;;;;+2. The van der Waals surface area contributed by atoms with E-state index in [1.807, 2.05) is 72.8 Å². The minimum Gasteiger partial charge on any atom is -0.478 e. The molecule has 8 aromatic carbocycles. The second-order valence-corrected chi connectivity index (χ2v) is 20.1. The van der Waals surface area contributed by atoms with Crippen molar-refractivity contribution in [2.24, 2.45) is 0 Å². The monoisotopic (exact) mass is 780 g/mol. The van der Waals surface area contributed by atoms with Crippen molar-refractivity contribution in [1.82, 2.24) is 0 Å². The van der Waals surface area contributed by atoms with E-state index in [-0.39, 0.29) is 6.19 Å². The number of carboxylic acids is 2. The summed E-state index contributed by atoms with van der Waals surface area (Å²) in [7, 11) is 0. The van der Waals surface area contributed by atoms with Gasteiger partial charge in [0.25, 0.3) is 0 Å². The number of hydrogen-bond acceptors (Lipinski definition) is 2. The number of aromatic carboxylic acids is 2. The molecule has 0 aromatic heterocycles. The first-order valence-corrected chi connectivity index (χ1v) is 23.1. The number of fused-ring (bicyclic) bond motifs is 8. The SMILES string of the molecule is C[Si](C)=[Ti+2].O=C(O)c1cccc2ccccc12.O=C(O)c1cccc2ccccc12.[c-]1cccc2c1Cc1ccccc1-2.[c-]1cccc2c1Cc1ccccc1-2. The van der Waals surface area contributed by atoms with Crippen molar-refractivity contribution in [2.45, 2.75) is 25.9 Å². The minimum atomic E-state index is -0.878. The van der Waals surface area contributed by atoms with Gasteiger partial charge in [-0.2, -0.15) is 59.7 Å². The molecule has 2 aliphatic carbocycles. The average Bonchev–Trinajstić information content (AvgIpc) is 3.79. The predicted molar refractivity (Wildman–Crippen MR) is 226 cm³/mol. The van der Waals surface area contributed by atoms with E-state index in [0.29, 0.717) is 11.1 Å². The van der Waals surface area contributed by atoms with Gasteiger partial charge in [-0.3, -0.25) is 0 Å². The van der Waals surface area contributed by atoms with Crippen molar-refractivity contribution < 1.29 is 39.0 Å². The van der Waals surface area contributed by atoms with Gasteiger partial charge in [-0.25, -0.2) is 9.59 Å². The van der Waals surface area contributed by atoms with E-state index >= 15 is 0 Å². The van der Waals surface area contributed by atoms with Crippen LogP contribution in [0.4, 0.5) is 0 Å². The number of carboxylic acid groups (broad SMARTS) is 2. The molecule has 0 saturated carbocycles. The number of benzene rings is 8. The molecule has 0 saturated heterocycles. The molecule has 0 atom stereocenters. The summed E-state index contributed by atoms with van der Waals surface area (Å²) >= 11 is 2.27. The van der Waals surface area contributed by atoms with E-state index in [1.54, 1.807) is 24.3 Å². The summed E-state index contributed by atoms with van der Waals surface area (Å²) in [5.74, 6) is -1.76. The van der Waals surface area contributed by atoms with Gasteiger partial charge in [0.1, 0.15) is 0 Å². The Morgan fingerprint density at radius 1 is 0.482 bits per heavy atom. The molecule has 0 amide bonds. The number of rotatable bonds is 2. The summed E-state index contributed by atoms with van der Waals surface area (Å²) in [5, 5.41) is 21.3. The van der Waals surface area contributed by atoms with Gasteiger partial charge < -0.3 is 10.2 Å². The molecule has 0 unspecified atom stereocenters. The zero-order valence-electron chi connectivity index (χ0n) is 31.3. The van der Waals surface area contributed by atoms with Crippen LogP contribution in [0, 0.1) is 12.1 Å². The van der Waals surface area contributed by atoms with E-state index in [0.717, 1.165) is 34.4 Å². The number of hydrogen-bond donors (Lipinski definition) is 2. The summed E-state index contributed by atoms with van der Waals surface area (Å²) in [6.45, 7) is 4.54. The quantitative estimate of drug-likeness (QED) is 0.135. The zero-order valence-corrected chi connectivity index (χ0v) is 33.9. The second kappa shape index (κ2) is 19.1. The maximum absolute atomic E-state index is 10.8. The molecule has 2 aliphatic rings. The van der Waals surface area contributed by atoms with Crippen molar-refractivity contribution in [2.75, 3.05) is 0 Å². The fourth-order valence-electron chi connectivity index (χ4n) is 6.82. The minimum absolute atomic E-state index is 0.120. The van der Waals surface area contributed by atoms with Crippen LogP contribution < -0.4 is 0 Å². The van der Waals surface area contributed by atoms with E-state index < -0.39 is 11.9 Å². The molecule has 8 aromatic rings. The van der Waals surface area contributed by atoms with E-state index in [2.05, 4.69) is 117 Å². The molecule has 0 aliphatic heterocycles. The topological polar surface area (TPSA) is 74.6 Å². The number of carbonyl (C=O) groups is 2. The molecule has 0 bridgehead atoms.